The van der Waals surface area contributed by atoms with Gasteiger partial charge < -0.3 is 9.80 Å². The molecule has 1 aliphatic heterocycles. The molecule has 4 nitrogen and oxygen atoms in total. The van der Waals surface area contributed by atoms with E-state index in [-0.39, 0.29) is 5.91 Å². The lowest BCUT2D eigenvalue weighted by Crippen LogP contribution is -2.40. The van der Waals surface area contributed by atoms with Gasteiger partial charge in [0.05, 0.1) is 0 Å². The molecule has 0 N–H and O–H groups in total. The van der Waals surface area contributed by atoms with Gasteiger partial charge in [-0.1, -0.05) is 12.5 Å². The van der Waals surface area contributed by atoms with E-state index in [2.05, 4.69) is 9.88 Å². The Morgan fingerprint density at radius 2 is 2.11 bits per heavy atom. The van der Waals surface area contributed by atoms with E-state index in [9.17, 15) is 4.79 Å². The average molecular weight is 261 g/mol. The molecule has 2 rings (SSSR count). The van der Waals surface area contributed by atoms with E-state index in [1.807, 2.05) is 24.0 Å². The normalized spacial score (nSPS) is 16.3. The van der Waals surface area contributed by atoms with Crippen molar-refractivity contribution in [2.75, 3.05) is 32.7 Å². The van der Waals surface area contributed by atoms with E-state index in [0.717, 1.165) is 19.6 Å². The molecule has 1 aromatic rings. The first-order valence-electron chi connectivity index (χ1n) is 7.24. The molecule has 4 heteroatoms. The van der Waals surface area contributed by atoms with Crippen LogP contribution in [0.1, 0.15) is 36.7 Å². The molecule has 0 aromatic carbocycles. The smallest absolute Gasteiger partial charge is 0.272 e. The van der Waals surface area contributed by atoms with Crippen molar-refractivity contribution in [2.24, 2.45) is 0 Å². The summed E-state index contributed by atoms with van der Waals surface area (Å²) in [5, 5.41) is 0. The zero-order chi connectivity index (χ0) is 13.5. The molecule has 1 aromatic heterocycles. The fourth-order valence-electron chi connectivity index (χ4n) is 2.50. The Hall–Kier alpha value is -1.42. The quantitative estimate of drug-likeness (QED) is 0.813. The molecule has 19 heavy (non-hydrogen) atoms. The van der Waals surface area contributed by atoms with E-state index in [1.165, 1.54) is 32.4 Å². The predicted molar refractivity (Wildman–Crippen MR) is 76.1 cm³/mol. The standard InChI is InChI=1S/C15H23N3O/c1-2-18(13-12-17-10-6-3-7-11-17)15(19)14-8-4-5-9-16-14/h4-5,8-9H,2-3,6-7,10-13H2,1H3. The summed E-state index contributed by atoms with van der Waals surface area (Å²) in [6.45, 7) is 6.89. The van der Waals surface area contributed by atoms with Crippen LogP contribution in [0.2, 0.25) is 0 Å². The van der Waals surface area contributed by atoms with Crippen LogP contribution in [0, 0.1) is 0 Å². The van der Waals surface area contributed by atoms with Gasteiger partial charge in [-0.3, -0.25) is 9.78 Å². The summed E-state index contributed by atoms with van der Waals surface area (Å²) in [6, 6.07) is 5.48. The van der Waals surface area contributed by atoms with E-state index in [0.29, 0.717) is 5.69 Å². The van der Waals surface area contributed by atoms with Gasteiger partial charge in [-0.05, 0) is 45.0 Å². The van der Waals surface area contributed by atoms with E-state index in [1.54, 1.807) is 12.3 Å². The summed E-state index contributed by atoms with van der Waals surface area (Å²) in [7, 11) is 0. The lowest BCUT2D eigenvalue weighted by atomic mass is 10.1. The number of carbonyl (C=O) groups is 1. The zero-order valence-electron chi connectivity index (χ0n) is 11.7. The molecular formula is C15H23N3O. The Balaban J connectivity index is 1.87. The Bertz CT molecular complexity index is 388. The van der Waals surface area contributed by atoms with Gasteiger partial charge in [-0.15, -0.1) is 0 Å². The second-order valence-electron chi connectivity index (χ2n) is 5.00. The minimum Gasteiger partial charge on any atom is -0.336 e. The Morgan fingerprint density at radius 1 is 1.32 bits per heavy atom. The molecule has 0 bridgehead atoms. The largest absolute Gasteiger partial charge is 0.336 e. The number of rotatable bonds is 5. The Kier molecular flexibility index (Phi) is 5.33. The SMILES string of the molecule is CCN(CCN1CCCCC1)C(=O)c1ccccn1. The number of carbonyl (C=O) groups excluding carboxylic acids is 1. The maximum atomic E-state index is 12.3. The topological polar surface area (TPSA) is 36.4 Å². The van der Waals surface area contributed by atoms with Crippen LogP contribution in [-0.4, -0.2) is 53.4 Å². The van der Waals surface area contributed by atoms with E-state index >= 15 is 0 Å². The molecule has 104 valence electrons. The fraction of sp³-hybridized carbons (Fsp3) is 0.600. The minimum absolute atomic E-state index is 0.0418. The van der Waals surface area contributed by atoms with Crippen molar-refractivity contribution in [1.29, 1.82) is 0 Å². The number of aromatic nitrogens is 1. The minimum atomic E-state index is 0.0418. The lowest BCUT2D eigenvalue weighted by molar-refractivity contribution is 0.0733. The molecule has 0 radical (unpaired) electrons. The van der Waals surface area contributed by atoms with Gasteiger partial charge in [0.2, 0.25) is 0 Å². The summed E-state index contributed by atoms with van der Waals surface area (Å²) in [6.07, 6.45) is 5.60. The molecule has 0 saturated carbocycles. The van der Waals surface area contributed by atoms with Crippen molar-refractivity contribution in [3.05, 3.63) is 30.1 Å². The molecular weight excluding hydrogens is 238 g/mol. The summed E-state index contributed by atoms with van der Waals surface area (Å²) >= 11 is 0. The first-order chi connectivity index (χ1) is 9.31. The molecule has 0 aliphatic carbocycles. The number of pyridine rings is 1. The molecule has 2 heterocycles. The van der Waals surface area contributed by atoms with E-state index < -0.39 is 0 Å². The lowest BCUT2D eigenvalue weighted by Gasteiger charge is -2.29. The van der Waals surface area contributed by atoms with Crippen molar-refractivity contribution < 1.29 is 4.79 Å². The zero-order valence-corrected chi connectivity index (χ0v) is 11.7. The first-order valence-corrected chi connectivity index (χ1v) is 7.24. The van der Waals surface area contributed by atoms with Gasteiger partial charge >= 0.3 is 0 Å². The highest BCUT2D eigenvalue weighted by molar-refractivity contribution is 5.92. The van der Waals surface area contributed by atoms with Crippen LogP contribution in [0.3, 0.4) is 0 Å². The predicted octanol–water partition coefficient (Wildman–Crippen LogP) is 2.03. The van der Waals surface area contributed by atoms with Crippen LogP contribution in [0.25, 0.3) is 0 Å². The number of likely N-dealkylation sites (N-methyl/N-ethyl adjacent to an activating group) is 1. The van der Waals surface area contributed by atoms with E-state index in [4.69, 9.17) is 0 Å². The number of hydrogen-bond acceptors (Lipinski definition) is 3. The molecule has 0 spiro atoms. The van der Waals surface area contributed by atoms with Gasteiger partial charge in [-0.25, -0.2) is 0 Å². The highest BCUT2D eigenvalue weighted by atomic mass is 16.2. The third kappa shape index (κ3) is 4.03. The number of likely N-dealkylation sites (tertiary alicyclic amines) is 1. The van der Waals surface area contributed by atoms with Crippen LogP contribution in [0.15, 0.2) is 24.4 Å². The van der Waals surface area contributed by atoms with Crippen LogP contribution in [0.5, 0.6) is 0 Å². The molecule has 1 fully saturated rings. The molecule has 1 amide bonds. The highest BCUT2D eigenvalue weighted by Crippen LogP contribution is 2.09. The number of nitrogens with zero attached hydrogens (tertiary/aromatic N) is 3. The molecule has 1 saturated heterocycles. The third-order valence-corrected chi connectivity index (χ3v) is 3.69. The summed E-state index contributed by atoms with van der Waals surface area (Å²) in [5.74, 6) is 0.0418. The summed E-state index contributed by atoms with van der Waals surface area (Å²) in [4.78, 5) is 20.8. The molecule has 1 aliphatic rings. The van der Waals surface area contributed by atoms with Crippen LogP contribution < -0.4 is 0 Å². The number of piperidine rings is 1. The van der Waals surface area contributed by atoms with Crippen LogP contribution >= 0.6 is 0 Å². The van der Waals surface area contributed by atoms with Crippen molar-refractivity contribution in [3.63, 3.8) is 0 Å². The average Bonchev–Trinajstić information content (AvgIpc) is 2.49. The maximum absolute atomic E-state index is 12.3. The number of hydrogen-bond donors (Lipinski definition) is 0. The van der Waals surface area contributed by atoms with Gasteiger partial charge in [0, 0.05) is 25.8 Å². The maximum Gasteiger partial charge on any atom is 0.272 e. The van der Waals surface area contributed by atoms with Gasteiger partial charge in [0.25, 0.3) is 5.91 Å². The van der Waals surface area contributed by atoms with Crippen molar-refractivity contribution in [2.45, 2.75) is 26.2 Å². The van der Waals surface area contributed by atoms with Gasteiger partial charge in [0.1, 0.15) is 5.69 Å². The highest BCUT2D eigenvalue weighted by Gasteiger charge is 2.17. The van der Waals surface area contributed by atoms with Crippen LogP contribution in [0.4, 0.5) is 0 Å². The monoisotopic (exact) mass is 261 g/mol. The number of amides is 1. The summed E-state index contributed by atoms with van der Waals surface area (Å²) < 4.78 is 0. The Morgan fingerprint density at radius 3 is 2.74 bits per heavy atom. The molecule has 0 unspecified atom stereocenters. The Labute approximate surface area is 115 Å². The van der Waals surface area contributed by atoms with Crippen molar-refractivity contribution in [3.8, 4) is 0 Å². The van der Waals surface area contributed by atoms with Crippen molar-refractivity contribution >= 4 is 5.91 Å². The van der Waals surface area contributed by atoms with Crippen LogP contribution in [-0.2, 0) is 0 Å². The third-order valence-electron chi connectivity index (χ3n) is 3.69. The first kappa shape index (κ1) is 14.0. The summed E-state index contributed by atoms with van der Waals surface area (Å²) in [5.41, 5.74) is 0.544. The fourth-order valence-corrected chi connectivity index (χ4v) is 2.50. The van der Waals surface area contributed by atoms with Gasteiger partial charge in [0.15, 0.2) is 0 Å². The van der Waals surface area contributed by atoms with Gasteiger partial charge in [-0.2, -0.15) is 0 Å². The van der Waals surface area contributed by atoms with Crippen molar-refractivity contribution in [1.82, 2.24) is 14.8 Å². The molecule has 0 atom stereocenters. The second kappa shape index (κ2) is 7.24. The second-order valence-corrected chi connectivity index (χ2v) is 5.00.